The summed E-state index contributed by atoms with van der Waals surface area (Å²) in [5, 5.41) is 11.0. The first-order valence-corrected chi connectivity index (χ1v) is 7.13. The number of ether oxygens (including phenoxy) is 2. The van der Waals surface area contributed by atoms with Crippen LogP contribution >= 0.6 is 11.3 Å². The molecule has 0 saturated carbocycles. The zero-order valence-electron chi connectivity index (χ0n) is 12.8. The first-order valence-electron chi connectivity index (χ1n) is 6.31. The summed E-state index contributed by atoms with van der Waals surface area (Å²) in [5.41, 5.74) is 1.12. The van der Waals surface area contributed by atoms with Crippen LogP contribution in [-0.4, -0.2) is 34.6 Å². The van der Waals surface area contributed by atoms with E-state index in [1.165, 1.54) is 26.7 Å². The van der Waals surface area contributed by atoms with Crippen LogP contribution in [0.3, 0.4) is 0 Å². The fraction of sp³-hybridized carbons (Fsp3) is 0.214. The van der Waals surface area contributed by atoms with Crippen molar-refractivity contribution in [2.24, 2.45) is 0 Å². The number of aromatic carboxylic acids is 1. The summed E-state index contributed by atoms with van der Waals surface area (Å²) in [6.45, 7) is 0. The van der Waals surface area contributed by atoms with Gasteiger partial charge in [0, 0.05) is 38.4 Å². The van der Waals surface area contributed by atoms with Gasteiger partial charge in [0.05, 0.1) is 10.8 Å². The molecule has 114 valence electrons. The van der Waals surface area contributed by atoms with Gasteiger partial charge in [0.15, 0.2) is 0 Å². The monoisotopic (exact) mass is 341 g/mol. The number of carbonyl (C=O) groups excluding carboxylic acids is 1. The minimum Gasteiger partial charge on any atom is -0.544 e. The maximum Gasteiger partial charge on any atom is 1.00 e. The van der Waals surface area contributed by atoms with Crippen molar-refractivity contribution in [3.63, 3.8) is 0 Å². The smallest absolute Gasteiger partial charge is 0.544 e. The van der Waals surface area contributed by atoms with Gasteiger partial charge in [-0.1, -0.05) is 6.07 Å². The van der Waals surface area contributed by atoms with E-state index in [2.05, 4.69) is 9.97 Å². The second-order valence-corrected chi connectivity index (χ2v) is 5.49. The quantitative estimate of drug-likeness (QED) is 0.381. The summed E-state index contributed by atoms with van der Waals surface area (Å²) in [6, 6.07) is 3.56. The van der Waals surface area contributed by atoms with Crippen LogP contribution in [0.1, 0.15) is 20.9 Å². The van der Waals surface area contributed by atoms with Gasteiger partial charge in [-0.15, -0.1) is 11.3 Å². The average molecular weight is 341 g/mol. The van der Waals surface area contributed by atoms with Crippen LogP contribution in [0.2, 0.25) is 0 Å². The molecule has 0 aliphatic carbocycles. The van der Waals surface area contributed by atoms with Crippen LogP contribution in [0, 0.1) is 0 Å². The first kappa shape index (κ1) is 18.1. The van der Waals surface area contributed by atoms with Gasteiger partial charge in [-0.2, -0.15) is 0 Å². The van der Waals surface area contributed by atoms with E-state index in [-0.39, 0.29) is 34.4 Å². The third-order valence-corrected chi connectivity index (χ3v) is 4.43. The van der Waals surface area contributed by atoms with Crippen LogP contribution in [0.25, 0.3) is 4.83 Å². The largest absolute Gasteiger partial charge is 1.00 e. The maximum absolute atomic E-state index is 11.0. The summed E-state index contributed by atoms with van der Waals surface area (Å²) >= 11 is 1.05. The minimum absolute atomic E-state index is 0. The van der Waals surface area contributed by atoms with Crippen molar-refractivity contribution >= 4 is 22.1 Å². The number of carbonyl (C=O) groups is 1. The van der Waals surface area contributed by atoms with Crippen molar-refractivity contribution < 1.29 is 48.9 Å². The second-order valence-electron chi connectivity index (χ2n) is 4.45. The molecule has 0 aliphatic rings. The number of rotatable bonds is 5. The van der Waals surface area contributed by atoms with E-state index in [0.29, 0.717) is 16.1 Å². The molecule has 0 amide bonds. The molecular formula is C14H12N3NaO4S. The van der Waals surface area contributed by atoms with Crippen LogP contribution in [0.15, 0.2) is 37.1 Å². The molecule has 0 N–H and O–H groups in total. The van der Waals surface area contributed by atoms with E-state index in [9.17, 15) is 9.90 Å². The van der Waals surface area contributed by atoms with Gasteiger partial charge < -0.3 is 19.4 Å². The molecule has 0 fully saturated rings. The molecule has 7 nitrogen and oxygen atoms in total. The molecule has 23 heavy (non-hydrogen) atoms. The van der Waals surface area contributed by atoms with Gasteiger partial charge in [0.2, 0.25) is 5.79 Å². The Labute approximate surface area is 158 Å². The van der Waals surface area contributed by atoms with Gasteiger partial charge in [-0.3, -0.25) is 9.38 Å². The molecule has 0 radical (unpaired) electrons. The molecule has 9 heteroatoms. The van der Waals surface area contributed by atoms with Crippen molar-refractivity contribution in [1.82, 2.24) is 14.4 Å². The Balaban J connectivity index is 0.00000192. The average Bonchev–Trinajstić information content (AvgIpc) is 3.12. The normalized spacial score (nSPS) is 11.4. The number of methoxy groups -OCH3 is 2. The van der Waals surface area contributed by atoms with Crippen molar-refractivity contribution in [3.8, 4) is 0 Å². The van der Waals surface area contributed by atoms with Gasteiger partial charge in [-0.05, 0) is 6.07 Å². The number of thiazole rings is 1. The Bertz CT molecular complexity index is 814. The Morgan fingerprint density at radius 1 is 1.39 bits per heavy atom. The minimum atomic E-state index is -1.27. The summed E-state index contributed by atoms with van der Waals surface area (Å²) in [5.74, 6) is -2.50. The van der Waals surface area contributed by atoms with Crippen molar-refractivity contribution in [2.45, 2.75) is 5.79 Å². The molecular weight excluding hydrogens is 329 g/mol. The maximum atomic E-state index is 11.0. The second kappa shape index (κ2) is 7.08. The summed E-state index contributed by atoms with van der Waals surface area (Å²) in [7, 11) is 2.99. The zero-order valence-corrected chi connectivity index (χ0v) is 15.7. The van der Waals surface area contributed by atoms with Crippen LogP contribution in [0.4, 0.5) is 0 Å². The zero-order chi connectivity index (χ0) is 15.7. The predicted octanol–water partition coefficient (Wildman–Crippen LogP) is -2.35. The van der Waals surface area contributed by atoms with Gasteiger partial charge in [0.25, 0.3) is 0 Å². The molecule has 0 aliphatic heterocycles. The summed E-state index contributed by atoms with van der Waals surface area (Å²) in [6.07, 6.45) is 6.22. The van der Waals surface area contributed by atoms with Crippen molar-refractivity contribution in [1.29, 1.82) is 0 Å². The number of carboxylic acids is 1. The molecule has 0 atom stereocenters. The van der Waals surface area contributed by atoms with Crippen molar-refractivity contribution in [2.75, 3.05) is 14.2 Å². The Kier molecular flexibility index (Phi) is 5.56. The van der Waals surface area contributed by atoms with Crippen molar-refractivity contribution in [3.05, 3.63) is 53.2 Å². The number of hydrogen-bond acceptors (Lipinski definition) is 7. The van der Waals surface area contributed by atoms with E-state index >= 15 is 0 Å². The summed E-state index contributed by atoms with van der Waals surface area (Å²) in [4.78, 5) is 20.1. The van der Waals surface area contributed by atoms with E-state index < -0.39 is 11.8 Å². The Hall–Kier alpha value is -1.29. The number of fused-ring (bicyclic) bond motifs is 1. The molecule has 3 rings (SSSR count). The van der Waals surface area contributed by atoms with Gasteiger partial charge in [0.1, 0.15) is 16.9 Å². The van der Waals surface area contributed by atoms with E-state index in [1.807, 2.05) is 0 Å². The molecule has 0 spiro atoms. The fourth-order valence-corrected chi connectivity index (χ4v) is 3.27. The molecule has 0 aromatic carbocycles. The number of carboxylic acid groups (broad SMARTS) is 1. The number of aromatic nitrogens is 3. The SMILES string of the molecule is COC(OC)(c1cccnc1)c1ncn2cc(C(=O)[O-])sc12.[Na+]. The van der Waals surface area contributed by atoms with Gasteiger partial charge in [-0.25, -0.2) is 4.98 Å². The molecule has 3 heterocycles. The molecule has 3 aromatic heterocycles. The van der Waals surface area contributed by atoms with Gasteiger partial charge >= 0.3 is 29.6 Å². The number of nitrogens with zero attached hydrogens (tertiary/aromatic N) is 3. The van der Waals surface area contributed by atoms with E-state index in [1.54, 1.807) is 28.9 Å². The number of hydrogen-bond donors (Lipinski definition) is 0. The number of pyridine rings is 1. The standard InChI is InChI=1S/C14H13N3O4S.Na/c1-20-14(21-2,9-4-3-5-15-6-9)11-12-17(8-16-11)7-10(22-12)13(18)19;/h3-8H,1-2H3,(H,18,19);/q;+1/p-1. The predicted molar refractivity (Wildman–Crippen MR) is 76.4 cm³/mol. The molecule has 3 aromatic rings. The van der Waals surface area contributed by atoms with Crippen LogP contribution in [-0.2, 0) is 15.3 Å². The molecule has 0 bridgehead atoms. The van der Waals surface area contributed by atoms with E-state index in [0.717, 1.165) is 11.3 Å². The molecule has 0 saturated heterocycles. The third kappa shape index (κ3) is 2.93. The Morgan fingerprint density at radius 3 is 2.70 bits per heavy atom. The third-order valence-electron chi connectivity index (χ3n) is 3.34. The van der Waals surface area contributed by atoms with Crippen LogP contribution in [0.5, 0.6) is 0 Å². The Morgan fingerprint density at radius 2 is 2.13 bits per heavy atom. The van der Waals surface area contributed by atoms with E-state index in [4.69, 9.17) is 9.47 Å². The summed E-state index contributed by atoms with van der Waals surface area (Å²) < 4.78 is 12.8. The number of imidazole rings is 1. The van der Waals surface area contributed by atoms with Crippen LogP contribution < -0.4 is 34.7 Å². The first-order chi connectivity index (χ1) is 10.6. The molecule has 0 unspecified atom stereocenters. The topological polar surface area (TPSA) is 88.8 Å². The fourth-order valence-electron chi connectivity index (χ4n) is 2.33.